The Kier molecular flexibility index (Phi) is 6.21. The van der Waals surface area contributed by atoms with Crippen molar-refractivity contribution in [1.29, 1.82) is 0 Å². The van der Waals surface area contributed by atoms with Gasteiger partial charge in [-0.05, 0) is 42.9 Å². The van der Waals surface area contributed by atoms with Crippen LogP contribution in [-0.2, 0) is 12.8 Å². The van der Waals surface area contributed by atoms with Gasteiger partial charge in [-0.25, -0.2) is 0 Å². The molecule has 0 fully saturated rings. The van der Waals surface area contributed by atoms with Gasteiger partial charge in [0, 0.05) is 0 Å². The first-order valence-electron chi connectivity index (χ1n) is 6.76. The van der Waals surface area contributed by atoms with Crippen LogP contribution < -0.4 is 0 Å². The van der Waals surface area contributed by atoms with Gasteiger partial charge in [0.25, 0.3) is 0 Å². The summed E-state index contributed by atoms with van der Waals surface area (Å²) in [6.07, 6.45) is 9.43. The monoisotopic (exact) mass is 240 g/mol. The molecule has 0 saturated carbocycles. The molecule has 0 spiro atoms. The smallest absolute Gasteiger partial charge is 0.00258 e. The number of allylic oxidation sites excluding steroid dienone is 5. The predicted octanol–water partition coefficient (Wildman–Crippen LogP) is 5.26. The van der Waals surface area contributed by atoms with Crippen molar-refractivity contribution in [2.24, 2.45) is 0 Å². The molecule has 0 aliphatic rings. The van der Waals surface area contributed by atoms with Crippen molar-refractivity contribution in [1.82, 2.24) is 0 Å². The molecule has 0 atom stereocenters. The van der Waals surface area contributed by atoms with Gasteiger partial charge in [0.15, 0.2) is 0 Å². The minimum absolute atomic E-state index is 0.980. The summed E-state index contributed by atoms with van der Waals surface area (Å²) in [5, 5.41) is 0. The summed E-state index contributed by atoms with van der Waals surface area (Å²) in [5.41, 5.74) is 5.50. The lowest BCUT2D eigenvalue weighted by Gasteiger charge is -2.05. The van der Waals surface area contributed by atoms with Gasteiger partial charge < -0.3 is 0 Å². The van der Waals surface area contributed by atoms with E-state index in [0.29, 0.717) is 0 Å². The van der Waals surface area contributed by atoms with Crippen LogP contribution in [0.25, 0.3) is 0 Å². The van der Waals surface area contributed by atoms with E-state index >= 15 is 0 Å². The molecule has 0 aromatic heterocycles. The first kappa shape index (κ1) is 14.5. The second kappa shape index (κ2) is 7.71. The minimum Gasteiger partial charge on any atom is -0.0991 e. The van der Waals surface area contributed by atoms with Crippen LogP contribution in [0.1, 0.15) is 38.3 Å². The molecule has 0 amide bonds. The highest BCUT2D eigenvalue weighted by Crippen LogP contribution is 2.14. The van der Waals surface area contributed by atoms with Gasteiger partial charge in [-0.2, -0.15) is 0 Å². The SMILES string of the molecule is C=C/C=C(\C=C(/C)CC)Cc1ccc(CC)cc1. The van der Waals surface area contributed by atoms with E-state index in [2.05, 4.69) is 63.8 Å². The van der Waals surface area contributed by atoms with E-state index in [1.54, 1.807) is 0 Å². The van der Waals surface area contributed by atoms with Gasteiger partial charge in [0.1, 0.15) is 0 Å². The molecule has 0 N–H and O–H groups in total. The van der Waals surface area contributed by atoms with E-state index in [-0.39, 0.29) is 0 Å². The maximum atomic E-state index is 3.80. The third kappa shape index (κ3) is 4.75. The van der Waals surface area contributed by atoms with Gasteiger partial charge in [-0.1, -0.05) is 68.5 Å². The van der Waals surface area contributed by atoms with E-state index in [9.17, 15) is 0 Å². The first-order valence-corrected chi connectivity index (χ1v) is 6.76. The zero-order chi connectivity index (χ0) is 13.4. The van der Waals surface area contributed by atoms with Crippen LogP contribution in [0.3, 0.4) is 0 Å². The summed E-state index contributed by atoms with van der Waals surface area (Å²) in [6, 6.07) is 8.89. The van der Waals surface area contributed by atoms with Gasteiger partial charge in [0.05, 0.1) is 0 Å². The van der Waals surface area contributed by atoms with Gasteiger partial charge in [-0.15, -0.1) is 0 Å². The molecule has 0 saturated heterocycles. The fraction of sp³-hybridized carbons (Fsp3) is 0.333. The largest absolute Gasteiger partial charge is 0.0991 e. The second-order valence-corrected chi connectivity index (χ2v) is 4.67. The highest BCUT2D eigenvalue weighted by Gasteiger charge is 1.98. The van der Waals surface area contributed by atoms with Gasteiger partial charge >= 0.3 is 0 Å². The topological polar surface area (TPSA) is 0 Å². The van der Waals surface area contributed by atoms with Crippen molar-refractivity contribution in [3.8, 4) is 0 Å². The Morgan fingerprint density at radius 3 is 2.22 bits per heavy atom. The van der Waals surface area contributed by atoms with Crippen molar-refractivity contribution in [3.63, 3.8) is 0 Å². The highest BCUT2D eigenvalue weighted by molar-refractivity contribution is 5.33. The maximum absolute atomic E-state index is 3.80. The molecule has 1 rings (SSSR count). The van der Waals surface area contributed by atoms with E-state index in [0.717, 1.165) is 19.3 Å². The fourth-order valence-corrected chi connectivity index (χ4v) is 1.86. The molecule has 0 heteroatoms. The van der Waals surface area contributed by atoms with Crippen LogP contribution in [0.15, 0.2) is 60.2 Å². The first-order chi connectivity index (χ1) is 8.69. The van der Waals surface area contributed by atoms with Crippen molar-refractivity contribution < 1.29 is 0 Å². The molecule has 1 aromatic carbocycles. The molecule has 0 radical (unpaired) electrons. The third-order valence-corrected chi connectivity index (χ3v) is 3.16. The Balaban J connectivity index is 2.83. The summed E-state index contributed by atoms with van der Waals surface area (Å²) in [6.45, 7) is 10.3. The molecular weight excluding hydrogens is 216 g/mol. The lowest BCUT2D eigenvalue weighted by Crippen LogP contribution is -1.90. The zero-order valence-electron chi connectivity index (χ0n) is 11.9. The average Bonchev–Trinajstić information content (AvgIpc) is 2.39. The molecule has 0 nitrogen and oxygen atoms in total. The molecule has 0 aliphatic carbocycles. The molecule has 0 aliphatic heterocycles. The van der Waals surface area contributed by atoms with Crippen molar-refractivity contribution in [2.45, 2.75) is 40.0 Å². The minimum atomic E-state index is 0.980. The average molecular weight is 240 g/mol. The van der Waals surface area contributed by atoms with Crippen molar-refractivity contribution >= 4 is 0 Å². The summed E-state index contributed by atoms with van der Waals surface area (Å²) in [4.78, 5) is 0. The van der Waals surface area contributed by atoms with Crippen LogP contribution in [-0.4, -0.2) is 0 Å². The Morgan fingerprint density at radius 2 is 1.72 bits per heavy atom. The van der Waals surface area contributed by atoms with Gasteiger partial charge in [0.2, 0.25) is 0 Å². The standard InChI is InChI=1S/C18H24/c1-5-8-18(13-15(4)6-2)14-17-11-9-16(7-3)10-12-17/h5,8-13H,1,6-7,14H2,2-4H3/b15-13+,18-8+. The Bertz CT molecular complexity index is 430. The number of rotatable bonds is 6. The van der Waals surface area contributed by atoms with Crippen molar-refractivity contribution in [2.75, 3.05) is 0 Å². The molecule has 18 heavy (non-hydrogen) atoms. The van der Waals surface area contributed by atoms with Crippen LogP contribution in [0.5, 0.6) is 0 Å². The summed E-state index contributed by atoms with van der Waals surface area (Å²) < 4.78 is 0. The number of aryl methyl sites for hydroxylation is 1. The summed E-state index contributed by atoms with van der Waals surface area (Å²) in [7, 11) is 0. The van der Waals surface area contributed by atoms with E-state index < -0.39 is 0 Å². The van der Waals surface area contributed by atoms with Crippen LogP contribution in [0.2, 0.25) is 0 Å². The highest BCUT2D eigenvalue weighted by atomic mass is 14.0. The lowest BCUT2D eigenvalue weighted by atomic mass is 10.0. The Labute approximate surface area is 112 Å². The van der Waals surface area contributed by atoms with Crippen LogP contribution >= 0.6 is 0 Å². The predicted molar refractivity (Wildman–Crippen MR) is 81.9 cm³/mol. The van der Waals surface area contributed by atoms with Crippen LogP contribution in [0, 0.1) is 0 Å². The van der Waals surface area contributed by atoms with E-state index in [4.69, 9.17) is 0 Å². The van der Waals surface area contributed by atoms with Crippen LogP contribution in [0.4, 0.5) is 0 Å². The molecule has 0 heterocycles. The zero-order valence-corrected chi connectivity index (χ0v) is 11.9. The van der Waals surface area contributed by atoms with Gasteiger partial charge in [-0.3, -0.25) is 0 Å². The van der Waals surface area contributed by atoms with Crippen molar-refractivity contribution in [3.05, 3.63) is 71.3 Å². The Morgan fingerprint density at radius 1 is 1.11 bits per heavy atom. The second-order valence-electron chi connectivity index (χ2n) is 4.67. The number of benzene rings is 1. The molecule has 96 valence electrons. The number of hydrogen-bond donors (Lipinski definition) is 0. The summed E-state index contributed by atoms with van der Waals surface area (Å²) >= 11 is 0. The van der Waals surface area contributed by atoms with E-state index in [1.807, 2.05) is 6.08 Å². The Hall–Kier alpha value is -1.56. The third-order valence-electron chi connectivity index (χ3n) is 3.16. The molecule has 1 aromatic rings. The maximum Gasteiger partial charge on any atom is -0.00258 e. The van der Waals surface area contributed by atoms with E-state index in [1.165, 1.54) is 22.3 Å². The number of hydrogen-bond acceptors (Lipinski definition) is 0. The molecule has 0 unspecified atom stereocenters. The molecular formula is C18H24. The lowest BCUT2D eigenvalue weighted by molar-refractivity contribution is 1.07. The molecule has 0 bridgehead atoms. The fourth-order valence-electron chi connectivity index (χ4n) is 1.86. The normalized spacial score (nSPS) is 12.6. The quantitative estimate of drug-likeness (QED) is 0.595. The summed E-state index contributed by atoms with van der Waals surface area (Å²) in [5.74, 6) is 0.